The molecular formula is C28H24F4N4O2. The lowest BCUT2D eigenvalue weighted by molar-refractivity contribution is -0.141. The number of alkyl halides is 3. The molecule has 0 bridgehead atoms. The first kappa shape index (κ1) is 25.7. The highest BCUT2D eigenvalue weighted by Crippen LogP contribution is 2.33. The van der Waals surface area contributed by atoms with Crippen molar-refractivity contribution in [1.82, 2.24) is 9.97 Å². The van der Waals surface area contributed by atoms with Gasteiger partial charge in [-0.25, -0.2) is 9.37 Å². The number of morpholine rings is 1. The van der Waals surface area contributed by atoms with E-state index in [2.05, 4.69) is 32.0 Å². The standard InChI is InChI=1S/C28H24F4N4O2/c1-17-12-22(29)24(35-27(37)19-6-7-33-26(14-19)28(30,31)32)15-21(17)20-13-25(36-8-10-38-11-9-36)23(34-16-20)5-4-18-2-3-18/h6-7,12-16,18H,2-3,8-11H2,1H3,(H,35,37). The summed E-state index contributed by atoms with van der Waals surface area (Å²) in [7, 11) is 0. The number of hydrogen-bond donors (Lipinski definition) is 1. The Hall–Kier alpha value is -3.97. The number of rotatable bonds is 4. The van der Waals surface area contributed by atoms with Crippen LogP contribution in [0.5, 0.6) is 0 Å². The van der Waals surface area contributed by atoms with Crippen LogP contribution in [0.1, 0.15) is 40.2 Å². The van der Waals surface area contributed by atoms with Gasteiger partial charge in [-0.05, 0) is 67.1 Å². The zero-order valence-corrected chi connectivity index (χ0v) is 20.5. The largest absolute Gasteiger partial charge is 0.433 e. The first-order valence-electron chi connectivity index (χ1n) is 12.2. The zero-order valence-electron chi connectivity index (χ0n) is 20.5. The fourth-order valence-electron chi connectivity index (χ4n) is 4.14. The molecule has 2 fully saturated rings. The molecule has 0 unspecified atom stereocenters. The van der Waals surface area contributed by atoms with Crippen LogP contribution in [0.3, 0.4) is 0 Å². The van der Waals surface area contributed by atoms with Crippen LogP contribution in [0.25, 0.3) is 11.1 Å². The van der Waals surface area contributed by atoms with Crippen molar-refractivity contribution in [2.24, 2.45) is 5.92 Å². The van der Waals surface area contributed by atoms with Gasteiger partial charge in [-0.15, -0.1) is 0 Å². The van der Waals surface area contributed by atoms with E-state index in [1.165, 1.54) is 12.1 Å². The maximum atomic E-state index is 14.8. The van der Waals surface area contributed by atoms with Gasteiger partial charge >= 0.3 is 6.18 Å². The summed E-state index contributed by atoms with van der Waals surface area (Å²) in [4.78, 5) is 22.7. The molecule has 3 aromatic rings. The number of carbonyl (C=O) groups excluding carboxylic acids is 1. The van der Waals surface area contributed by atoms with Gasteiger partial charge in [0.15, 0.2) is 0 Å². The highest BCUT2D eigenvalue weighted by atomic mass is 19.4. The second-order valence-corrected chi connectivity index (χ2v) is 9.26. The van der Waals surface area contributed by atoms with Gasteiger partial charge in [0.1, 0.15) is 17.2 Å². The molecule has 1 saturated heterocycles. The summed E-state index contributed by atoms with van der Waals surface area (Å²) in [6, 6.07) is 6.44. The Labute approximate surface area is 217 Å². The predicted octanol–water partition coefficient (Wildman–Crippen LogP) is 5.46. The minimum Gasteiger partial charge on any atom is -0.378 e. The number of ether oxygens (including phenoxy) is 1. The first-order chi connectivity index (χ1) is 18.2. The van der Waals surface area contributed by atoms with E-state index in [1.54, 1.807) is 13.1 Å². The van der Waals surface area contributed by atoms with Crippen molar-refractivity contribution in [2.75, 3.05) is 36.5 Å². The molecule has 38 heavy (non-hydrogen) atoms. The van der Waals surface area contributed by atoms with Crippen molar-refractivity contribution in [3.05, 3.63) is 71.1 Å². The van der Waals surface area contributed by atoms with Crippen LogP contribution in [0.15, 0.2) is 42.7 Å². The Morgan fingerprint density at radius 2 is 1.89 bits per heavy atom. The lowest BCUT2D eigenvalue weighted by Crippen LogP contribution is -2.36. The molecule has 1 aliphatic carbocycles. The number of halogens is 4. The number of hydrogen-bond acceptors (Lipinski definition) is 5. The molecule has 0 atom stereocenters. The van der Waals surface area contributed by atoms with Crippen LogP contribution < -0.4 is 10.2 Å². The molecule has 2 aromatic heterocycles. The summed E-state index contributed by atoms with van der Waals surface area (Å²) in [5.41, 5.74) is 1.78. The van der Waals surface area contributed by atoms with Gasteiger partial charge in [0, 0.05) is 42.5 Å². The number of carbonyl (C=O) groups is 1. The van der Waals surface area contributed by atoms with Crippen LogP contribution in [0.2, 0.25) is 0 Å². The summed E-state index contributed by atoms with van der Waals surface area (Å²) in [6.45, 7) is 4.25. The highest BCUT2D eigenvalue weighted by molar-refractivity contribution is 6.04. The number of nitrogens with one attached hydrogen (secondary N) is 1. The van der Waals surface area contributed by atoms with E-state index in [1.807, 2.05) is 6.07 Å². The third-order valence-corrected chi connectivity index (χ3v) is 6.38. The van der Waals surface area contributed by atoms with Crippen LogP contribution in [-0.2, 0) is 10.9 Å². The van der Waals surface area contributed by atoms with E-state index in [4.69, 9.17) is 4.74 Å². The molecular weight excluding hydrogens is 500 g/mol. The third-order valence-electron chi connectivity index (χ3n) is 6.38. The van der Waals surface area contributed by atoms with E-state index in [0.29, 0.717) is 60.7 Å². The normalized spacial score (nSPS) is 15.6. The number of pyridine rings is 2. The average Bonchev–Trinajstić information content (AvgIpc) is 3.74. The predicted molar refractivity (Wildman–Crippen MR) is 134 cm³/mol. The smallest absolute Gasteiger partial charge is 0.378 e. The van der Waals surface area contributed by atoms with Crippen molar-refractivity contribution in [3.8, 4) is 23.0 Å². The number of aryl methyl sites for hydroxylation is 1. The lowest BCUT2D eigenvalue weighted by atomic mass is 9.99. The Morgan fingerprint density at radius 3 is 2.61 bits per heavy atom. The summed E-state index contributed by atoms with van der Waals surface area (Å²) >= 11 is 0. The quantitative estimate of drug-likeness (QED) is 0.363. The maximum absolute atomic E-state index is 14.8. The monoisotopic (exact) mass is 524 g/mol. The van der Waals surface area contributed by atoms with E-state index in [-0.39, 0.29) is 11.3 Å². The lowest BCUT2D eigenvalue weighted by Gasteiger charge is -2.29. The van der Waals surface area contributed by atoms with Gasteiger partial charge < -0.3 is 15.0 Å². The molecule has 5 rings (SSSR count). The summed E-state index contributed by atoms with van der Waals surface area (Å²) in [6.07, 6.45) is 0.0296. The van der Waals surface area contributed by atoms with Crippen LogP contribution in [0.4, 0.5) is 28.9 Å². The van der Waals surface area contributed by atoms with Crippen molar-refractivity contribution >= 4 is 17.3 Å². The average molecular weight is 525 g/mol. The van der Waals surface area contributed by atoms with Gasteiger partial charge in [-0.1, -0.05) is 5.92 Å². The van der Waals surface area contributed by atoms with E-state index >= 15 is 0 Å². The van der Waals surface area contributed by atoms with Crippen molar-refractivity contribution in [2.45, 2.75) is 25.9 Å². The molecule has 1 aromatic carbocycles. The Balaban J connectivity index is 1.48. The second-order valence-electron chi connectivity index (χ2n) is 9.26. The third kappa shape index (κ3) is 5.78. The Kier molecular flexibility index (Phi) is 7.04. The molecule has 1 amide bonds. The number of nitrogens with zero attached hydrogens (tertiary/aromatic N) is 3. The molecule has 10 heteroatoms. The summed E-state index contributed by atoms with van der Waals surface area (Å²) in [5.74, 6) is 5.26. The molecule has 3 heterocycles. The second kappa shape index (κ2) is 10.4. The number of benzene rings is 1. The minimum atomic E-state index is -4.71. The van der Waals surface area contributed by atoms with Gasteiger partial charge in [0.2, 0.25) is 0 Å². The number of anilines is 2. The zero-order chi connectivity index (χ0) is 26.9. The Morgan fingerprint density at radius 1 is 1.13 bits per heavy atom. The topological polar surface area (TPSA) is 67.4 Å². The molecule has 0 radical (unpaired) electrons. The molecule has 1 aliphatic heterocycles. The first-order valence-corrected chi connectivity index (χ1v) is 12.2. The van der Waals surface area contributed by atoms with Gasteiger partial charge in [0.25, 0.3) is 5.91 Å². The van der Waals surface area contributed by atoms with Gasteiger partial charge in [0.05, 0.1) is 24.6 Å². The van der Waals surface area contributed by atoms with Crippen LogP contribution in [-0.4, -0.2) is 42.2 Å². The van der Waals surface area contributed by atoms with Gasteiger partial charge in [-0.3, -0.25) is 9.78 Å². The molecule has 2 aliphatic rings. The minimum absolute atomic E-state index is 0.161. The van der Waals surface area contributed by atoms with E-state index in [0.717, 1.165) is 30.8 Å². The number of amides is 1. The highest BCUT2D eigenvalue weighted by Gasteiger charge is 2.33. The van der Waals surface area contributed by atoms with E-state index in [9.17, 15) is 22.4 Å². The number of aromatic nitrogens is 2. The van der Waals surface area contributed by atoms with Crippen LogP contribution >= 0.6 is 0 Å². The molecule has 6 nitrogen and oxygen atoms in total. The molecule has 1 N–H and O–H groups in total. The summed E-state index contributed by atoms with van der Waals surface area (Å²) in [5, 5.41) is 2.39. The fraction of sp³-hybridized carbons (Fsp3) is 0.321. The van der Waals surface area contributed by atoms with Gasteiger partial charge in [-0.2, -0.15) is 13.2 Å². The summed E-state index contributed by atoms with van der Waals surface area (Å²) < 4.78 is 59.4. The fourth-order valence-corrected chi connectivity index (χ4v) is 4.14. The molecule has 0 spiro atoms. The van der Waals surface area contributed by atoms with Crippen molar-refractivity contribution in [1.29, 1.82) is 0 Å². The maximum Gasteiger partial charge on any atom is 0.433 e. The van der Waals surface area contributed by atoms with Crippen LogP contribution in [0, 0.1) is 30.5 Å². The van der Waals surface area contributed by atoms with Crippen molar-refractivity contribution in [3.63, 3.8) is 0 Å². The molecule has 196 valence electrons. The van der Waals surface area contributed by atoms with E-state index < -0.39 is 23.6 Å². The van der Waals surface area contributed by atoms with Crippen molar-refractivity contribution < 1.29 is 27.1 Å². The SMILES string of the molecule is Cc1cc(F)c(NC(=O)c2ccnc(C(F)(F)F)c2)cc1-c1cnc(C#CC2CC2)c(N2CCOCC2)c1. The molecule has 1 saturated carbocycles. The Bertz CT molecular complexity index is 1430.